The smallest absolute Gasteiger partial charge is 0.103 e. The van der Waals surface area contributed by atoms with E-state index in [4.69, 9.17) is 11.6 Å². The topological polar surface area (TPSA) is 50.9 Å². The molecule has 2 aromatic rings. The number of hydrogen-bond acceptors (Lipinski definition) is 3. The molecule has 0 saturated carbocycles. The van der Waals surface area contributed by atoms with Crippen molar-refractivity contribution < 1.29 is 5.11 Å². The van der Waals surface area contributed by atoms with Crippen LogP contribution in [-0.4, -0.2) is 19.9 Å². The van der Waals surface area contributed by atoms with Gasteiger partial charge in [0, 0.05) is 28.6 Å². The summed E-state index contributed by atoms with van der Waals surface area (Å²) in [5.74, 6) is 0. The van der Waals surface area contributed by atoms with Crippen LogP contribution in [0, 0.1) is 0 Å². The zero-order chi connectivity index (χ0) is 14.9. The fraction of sp³-hybridized carbons (Fsp3) is 0.385. The van der Waals surface area contributed by atoms with Gasteiger partial charge in [-0.05, 0) is 44.3 Å². The monoisotopic (exact) mass is 421 g/mol. The summed E-state index contributed by atoms with van der Waals surface area (Å²) < 4.78 is 3.33. The molecule has 7 heteroatoms. The average molecular weight is 424 g/mol. The SMILES string of the molecule is CCc1nn(C)c(CC(O)c2ncc(Br)cc2Br)c1Cl. The number of aliphatic hydroxyl groups is 1. The molecule has 0 radical (unpaired) electrons. The maximum absolute atomic E-state index is 10.4. The van der Waals surface area contributed by atoms with E-state index >= 15 is 0 Å². The Kier molecular flexibility index (Phi) is 5.23. The van der Waals surface area contributed by atoms with Gasteiger partial charge in [0.25, 0.3) is 0 Å². The third-order valence-corrected chi connectivity index (χ3v) is 4.55. The van der Waals surface area contributed by atoms with E-state index in [9.17, 15) is 5.11 Å². The molecule has 0 fully saturated rings. The first-order chi connectivity index (χ1) is 9.43. The summed E-state index contributed by atoms with van der Waals surface area (Å²) in [6, 6.07) is 1.86. The lowest BCUT2D eigenvalue weighted by molar-refractivity contribution is 0.170. The molecule has 0 aliphatic heterocycles. The lowest BCUT2D eigenvalue weighted by Crippen LogP contribution is -2.09. The fourth-order valence-corrected chi connectivity index (χ4v) is 3.61. The van der Waals surface area contributed by atoms with Gasteiger partial charge in [-0.25, -0.2) is 0 Å². The lowest BCUT2D eigenvalue weighted by atomic mass is 10.1. The van der Waals surface area contributed by atoms with Crippen LogP contribution in [0.5, 0.6) is 0 Å². The van der Waals surface area contributed by atoms with E-state index in [1.807, 2.05) is 20.0 Å². The van der Waals surface area contributed by atoms with Gasteiger partial charge in [-0.3, -0.25) is 9.67 Å². The van der Waals surface area contributed by atoms with Gasteiger partial charge in [-0.2, -0.15) is 5.10 Å². The predicted octanol–water partition coefficient (Wildman–Crippen LogP) is 3.83. The molecule has 0 spiro atoms. The maximum Gasteiger partial charge on any atom is 0.103 e. The van der Waals surface area contributed by atoms with E-state index in [-0.39, 0.29) is 0 Å². The van der Waals surface area contributed by atoms with Crippen molar-refractivity contribution in [2.45, 2.75) is 25.9 Å². The number of aliphatic hydroxyl groups excluding tert-OH is 1. The van der Waals surface area contributed by atoms with Crippen molar-refractivity contribution >= 4 is 43.5 Å². The van der Waals surface area contributed by atoms with Crippen molar-refractivity contribution in [3.8, 4) is 0 Å². The number of rotatable bonds is 4. The Morgan fingerprint density at radius 3 is 2.70 bits per heavy atom. The second-order valence-electron chi connectivity index (χ2n) is 4.43. The molecule has 0 aliphatic carbocycles. The highest BCUT2D eigenvalue weighted by atomic mass is 79.9. The molecule has 108 valence electrons. The van der Waals surface area contributed by atoms with Crippen LogP contribution < -0.4 is 0 Å². The van der Waals surface area contributed by atoms with Crippen LogP contribution >= 0.6 is 43.5 Å². The van der Waals surface area contributed by atoms with Gasteiger partial charge in [0.2, 0.25) is 0 Å². The zero-order valence-electron chi connectivity index (χ0n) is 11.1. The van der Waals surface area contributed by atoms with Gasteiger partial charge in [-0.1, -0.05) is 18.5 Å². The highest BCUT2D eigenvalue weighted by Gasteiger charge is 2.20. The number of aromatic nitrogens is 3. The molecule has 0 amide bonds. The molecule has 2 rings (SSSR count). The van der Waals surface area contributed by atoms with Crippen LogP contribution in [-0.2, 0) is 19.9 Å². The van der Waals surface area contributed by atoms with Crippen molar-refractivity contribution in [1.29, 1.82) is 0 Å². The van der Waals surface area contributed by atoms with Gasteiger partial charge in [-0.15, -0.1) is 0 Å². The summed E-state index contributed by atoms with van der Waals surface area (Å²) in [6.07, 6.45) is 2.06. The molecule has 1 N–H and O–H groups in total. The van der Waals surface area contributed by atoms with Crippen LogP contribution in [0.25, 0.3) is 0 Å². The number of pyridine rings is 1. The van der Waals surface area contributed by atoms with Gasteiger partial charge in [0.15, 0.2) is 0 Å². The molecule has 1 atom stereocenters. The molecule has 0 saturated heterocycles. The molecule has 2 aromatic heterocycles. The molecule has 4 nitrogen and oxygen atoms in total. The van der Waals surface area contributed by atoms with Crippen LogP contribution in [0.15, 0.2) is 21.2 Å². The van der Waals surface area contributed by atoms with Crippen molar-refractivity contribution in [3.05, 3.63) is 43.3 Å². The number of hydrogen-bond donors (Lipinski definition) is 1. The molecule has 0 aromatic carbocycles. The van der Waals surface area contributed by atoms with Crippen LogP contribution in [0.1, 0.15) is 30.1 Å². The van der Waals surface area contributed by atoms with Crippen LogP contribution in [0.3, 0.4) is 0 Å². The Morgan fingerprint density at radius 2 is 2.15 bits per heavy atom. The summed E-state index contributed by atoms with van der Waals surface area (Å²) in [5.41, 5.74) is 2.25. The highest BCUT2D eigenvalue weighted by molar-refractivity contribution is 9.11. The highest BCUT2D eigenvalue weighted by Crippen LogP contribution is 2.29. The van der Waals surface area contributed by atoms with Crippen molar-refractivity contribution in [2.75, 3.05) is 0 Å². The first-order valence-electron chi connectivity index (χ1n) is 6.13. The second-order valence-corrected chi connectivity index (χ2v) is 6.57. The molecule has 0 bridgehead atoms. The van der Waals surface area contributed by atoms with Gasteiger partial charge in [0.1, 0.15) is 6.10 Å². The Morgan fingerprint density at radius 1 is 1.45 bits per heavy atom. The van der Waals surface area contributed by atoms with E-state index in [2.05, 4.69) is 41.9 Å². The van der Waals surface area contributed by atoms with Gasteiger partial charge in [0.05, 0.1) is 22.1 Å². The van der Waals surface area contributed by atoms with Crippen molar-refractivity contribution in [2.24, 2.45) is 7.05 Å². The predicted molar refractivity (Wildman–Crippen MR) is 85.9 cm³/mol. The van der Waals surface area contributed by atoms with E-state index in [0.29, 0.717) is 17.1 Å². The van der Waals surface area contributed by atoms with Crippen molar-refractivity contribution in [3.63, 3.8) is 0 Å². The Balaban J connectivity index is 2.27. The maximum atomic E-state index is 10.4. The normalized spacial score (nSPS) is 12.7. The van der Waals surface area contributed by atoms with Crippen molar-refractivity contribution in [1.82, 2.24) is 14.8 Å². The molecule has 2 heterocycles. The zero-order valence-corrected chi connectivity index (χ0v) is 15.0. The standard InChI is InChI=1S/C13H14Br2ClN3O/c1-3-9-12(16)10(19(2)18-9)5-11(20)13-8(15)4-7(14)6-17-13/h4,6,11,20H,3,5H2,1-2H3. The largest absolute Gasteiger partial charge is 0.386 e. The Bertz CT molecular complexity index is 630. The van der Waals surface area contributed by atoms with E-state index in [0.717, 1.165) is 26.8 Å². The summed E-state index contributed by atoms with van der Waals surface area (Å²) in [6.45, 7) is 2.00. The quantitative estimate of drug-likeness (QED) is 0.813. The molecular weight excluding hydrogens is 409 g/mol. The van der Waals surface area contributed by atoms with Crippen LogP contribution in [0.4, 0.5) is 0 Å². The summed E-state index contributed by atoms with van der Waals surface area (Å²) in [7, 11) is 1.83. The molecule has 0 aliphatic rings. The minimum atomic E-state index is -0.741. The first kappa shape index (κ1) is 15.9. The number of aryl methyl sites for hydroxylation is 2. The minimum Gasteiger partial charge on any atom is -0.386 e. The fourth-order valence-electron chi connectivity index (χ4n) is 1.99. The van der Waals surface area contributed by atoms with Gasteiger partial charge >= 0.3 is 0 Å². The average Bonchev–Trinajstić information content (AvgIpc) is 2.66. The Labute approximate surface area is 139 Å². The summed E-state index contributed by atoms with van der Waals surface area (Å²) in [4.78, 5) is 4.24. The second kappa shape index (κ2) is 6.56. The van der Waals surface area contributed by atoms with E-state index in [1.54, 1.807) is 10.9 Å². The molecule has 20 heavy (non-hydrogen) atoms. The Hall–Kier alpha value is -0.430. The van der Waals surface area contributed by atoms with Crippen LogP contribution in [0.2, 0.25) is 5.02 Å². The van der Waals surface area contributed by atoms with E-state index in [1.165, 1.54) is 0 Å². The third-order valence-electron chi connectivity index (χ3n) is 3.04. The molecule has 1 unspecified atom stereocenters. The first-order valence-corrected chi connectivity index (χ1v) is 8.09. The molecular formula is C13H14Br2ClN3O. The minimum absolute atomic E-state index is 0.371. The number of halogens is 3. The van der Waals surface area contributed by atoms with Gasteiger partial charge < -0.3 is 5.11 Å². The summed E-state index contributed by atoms with van der Waals surface area (Å²) in [5, 5.41) is 15.3. The lowest BCUT2D eigenvalue weighted by Gasteiger charge is -2.12. The summed E-state index contributed by atoms with van der Waals surface area (Å²) >= 11 is 13.0. The number of nitrogens with zero attached hydrogens (tertiary/aromatic N) is 3. The van der Waals surface area contributed by atoms with E-state index < -0.39 is 6.10 Å². The third kappa shape index (κ3) is 3.24.